The second-order valence-electron chi connectivity index (χ2n) is 4.63. The second kappa shape index (κ2) is 4.39. The molecule has 4 heteroatoms. The normalized spacial score (nSPS) is 17.7. The molecule has 1 aliphatic heterocycles. The molecule has 1 atom stereocenters. The largest absolute Gasteiger partial charge is 0.508 e. The second-order valence-corrected chi connectivity index (χ2v) is 4.63. The SMILES string of the molecule is O=C1C[C@H](c2ccc(F)cc2)c2ccc(O)cc2N1. The van der Waals surface area contributed by atoms with Gasteiger partial charge in [0.2, 0.25) is 5.91 Å². The zero-order valence-electron chi connectivity index (χ0n) is 10.1. The van der Waals surface area contributed by atoms with E-state index in [4.69, 9.17) is 0 Å². The Balaban J connectivity index is 2.08. The van der Waals surface area contributed by atoms with E-state index < -0.39 is 0 Å². The van der Waals surface area contributed by atoms with Crippen molar-refractivity contribution in [3.05, 3.63) is 59.4 Å². The average molecular weight is 257 g/mol. The lowest BCUT2D eigenvalue weighted by Crippen LogP contribution is -2.23. The number of hydrogen-bond acceptors (Lipinski definition) is 2. The monoisotopic (exact) mass is 257 g/mol. The topological polar surface area (TPSA) is 49.3 Å². The van der Waals surface area contributed by atoms with Crippen LogP contribution in [-0.4, -0.2) is 11.0 Å². The Labute approximate surface area is 109 Å². The number of phenols is 1. The number of nitrogens with one attached hydrogen (secondary N) is 1. The van der Waals surface area contributed by atoms with Crippen LogP contribution < -0.4 is 5.32 Å². The first-order chi connectivity index (χ1) is 9.13. The predicted octanol–water partition coefficient (Wildman–Crippen LogP) is 3.01. The maximum Gasteiger partial charge on any atom is 0.225 e. The van der Waals surface area contributed by atoms with Crippen LogP contribution in [0.4, 0.5) is 10.1 Å². The first kappa shape index (κ1) is 11.7. The first-order valence-corrected chi connectivity index (χ1v) is 6.02. The highest BCUT2D eigenvalue weighted by atomic mass is 19.1. The first-order valence-electron chi connectivity index (χ1n) is 6.02. The van der Waals surface area contributed by atoms with E-state index in [2.05, 4.69) is 5.32 Å². The van der Waals surface area contributed by atoms with Gasteiger partial charge in [0.05, 0.1) is 0 Å². The van der Waals surface area contributed by atoms with Gasteiger partial charge in [0.15, 0.2) is 0 Å². The van der Waals surface area contributed by atoms with Crippen LogP contribution in [0.2, 0.25) is 0 Å². The lowest BCUT2D eigenvalue weighted by atomic mass is 9.85. The van der Waals surface area contributed by atoms with Gasteiger partial charge in [0.25, 0.3) is 0 Å². The number of fused-ring (bicyclic) bond motifs is 1. The van der Waals surface area contributed by atoms with Crippen LogP contribution >= 0.6 is 0 Å². The summed E-state index contributed by atoms with van der Waals surface area (Å²) in [4.78, 5) is 11.7. The van der Waals surface area contributed by atoms with E-state index >= 15 is 0 Å². The maximum absolute atomic E-state index is 13.0. The van der Waals surface area contributed by atoms with Gasteiger partial charge in [0.1, 0.15) is 11.6 Å². The Bertz CT molecular complexity index is 637. The summed E-state index contributed by atoms with van der Waals surface area (Å²) in [6.07, 6.45) is 0.323. The summed E-state index contributed by atoms with van der Waals surface area (Å²) >= 11 is 0. The third-order valence-electron chi connectivity index (χ3n) is 3.35. The lowest BCUT2D eigenvalue weighted by molar-refractivity contribution is -0.116. The molecule has 2 aromatic rings. The number of benzene rings is 2. The number of carbonyl (C=O) groups is 1. The van der Waals surface area contributed by atoms with E-state index in [9.17, 15) is 14.3 Å². The highest BCUT2D eigenvalue weighted by Gasteiger charge is 2.26. The van der Waals surface area contributed by atoms with Crippen molar-refractivity contribution in [2.45, 2.75) is 12.3 Å². The Kier molecular flexibility index (Phi) is 2.71. The number of phenolic OH excluding ortho intramolecular Hbond substituents is 1. The van der Waals surface area contributed by atoms with E-state index in [1.807, 2.05) is 0 Å². The molecule has 2 aromatic carbocycles. The molecule has 1 heterocycles. The van der Waals surface area contributed by atoms with Crippen LogP contribution in [0.15, 0.2) is 42.5 Å². The van der Waals surface area contributed by atoms with Crippen molar-refractivity contribution >= 4 is 11.6 Å². The number of anilines is 1. The zero-order valence-corrected chi connectivity index (χ0v) is 10.1. The van der Waals surface area contributed by atoms with Gasteiger partial charge in [0, 0.05) is 24.1 Å². The van der Waals surface area contributed by atoms with Crippen molar-refractivity contribution in [2.24, 2.45) is 0 Å². The molecule has 19 heavy (non-hydrogen) atoms. The van der Waals surface area contributed by atoms with Crippen LogP contribution in [0, 0.1) is 5.82 Å². The molecule has 3 nitrogen and oxygen atoms in total. The van der Waals surface area contributed by atoms with Gasteiger partial charge < -0.3 is 10.4 Å². The van der Waals surface area contributed by atoms with Gasteiger partial charge in [-0.2, -0.15) is 0 Å². The average Bonchev–Trinajstić information content (AvgIpc) is 2.38. The van der Waals surface area contributed by atoms with Crippen molar-refractivity contribution in [1.82, 2.24) is 0 Å². The molecule has 0 bridgehead atoms. The minimum Gasteiger partial charge on any atom is -0.508 e. The molecule has 0 aromatic heterocycles. The van der Waals surface area contributed by atoms with Crippen LogP contribution in [0.5, 0.6) is 5.75 Å². The molecule has 0 unspecified atom stereocenters. The summed E-state index contributed by atoms with van der Waals surface area (Å²) in [5.74, 6) is -0.397. The van der Waals surface area contributed by atoms with E-state index in [0.717, 1.165) is 11.1 Å². The van der Waals surface area contributed by atoms with Crippen LogP contribution in [0.25, 0.3) is 0 Å². The smallest absolute Gasteiger partial charge is 0.225 e. The Morgan fingerprint density at radius 3 is 2.63 bits per heavy atom. The molecule has 1 aliphatic rings. The Morgan fingerprint density at radius 1 is 1.16 bits per heavy atom. The highest BCUT2D eigenvalue weighted by Crippen LogP contribution is 2.38. The van der Waals surface area contributed by atoms with E-state index in [1.54, 1.807) is 24.3 Å². The van der Waals surface area contributed by atoms with Crippen molar-refractivity contribution in [1.29, 1.82) is 0 Å². The molecular formula is C15H12FNO2. The predicted molar refractivity (Wildman–Crippen MR) is 69.6 cm³/mol. The van der Waals surface area contributed by atoms with Gasteiger partial charge in [-0.1, -0.05) is 18.2 Å². The van der Waals surface area contributed by atoms with Gasteiger partial charge in [-0.05, 0) is 29.3 Å². The van der Waals surface area contributed by atoms with Gasteiger partial charge >= 0.3 is 0 Å². The van der Waals surface area contributed by atoms with Crippen LogP contribution in [-0.2, 0) is 4.79 Å². The summed E-state index contributed by atoms with van der Waals surface area (Å²) in [5.41, 5.74) is 2.44. The van der Waals surface area contributed by atoms with Crippen LogP contribution in [0.3, 0.4) is 0 Å². The number of rotatable bonds is 1. The molecule has 0 saturated heterocycles. The zero-order chi connectivity index (χ0) is 13.4. The molecule has 0 saturated carbocycles. The molecular weight excluding hydrogens is 245 g/mol. The minimum absolute atomic E-state index is 0.104. The third-order valence-corrected chi connectivity index (χ3v) is 3.35. The summed E-state index contributed by atoms with van der Waals surface area (Å²) in [6.45, 7) is 0. The minimum atomic E-state index is -0.296. The third kappa shape index (κ3) is 2.17. The fraction of sp³-hybridized carbons (Fsp3) is 0.133. The molecule has 3 rings (SSSR count). The maximum atomic E-state index is 13.0. The Hall–Kier alpha value is -2.36. The van der Waals surface area contributed by atoms with Gasteiger partial charge in [-0.3, -0.25) is 4.79 Å². The summed E-state index contributed by atoms with van der Waals surface area (Å²) < 4.78 is 13.0. The summed E-state index contributed by atoms with van der Waals surface area (Å²) in [6, 6.07) is 11.1. The quantitative estimate of drug-likeness (QED) is 0.825. The van der Waals surface area contributed by atoms with E-state index in [-0.39, 0.29) is 23.4 Å². The fourth-order valence-corrected chi connectivity index (χ4v) is 2.45. The molecule has 0 fully saturated rings. The number of hydrogen-bond donors (Lipinski definition) is 2. The van der Waals surface area contributed by atoms with Gasteiger partial charge in [-0.15, -0.1) is 0 Å². The number of amides is 1. The van der Waals surface area contributed by atoms with Crippen molar-refractivity contribution in [3.8, 4) is 5.75 Å². The molecule has 0 radical (unpaired) electrons. The molecule has 1 amide bonds. The molecule has 0 aliphatic carbocycles. The number of halogens is 1. The number of carbonyl (C=O) groups excluding carboxylic acids is 1. The molecule has 96 valence electrons. The summed E-state index contributed by atoms with van der Waals surface area (Å²) in [7, 11) is 0. The van der Waals surface area contributed by atoms with Crippen molar-refractivity contribution in [3.63, 3.8) is 0 Å². The molecule has 2 N–H and O–H groups in total. The van der Waals surface area contributed by atoms with Gasteiger partial charge in [-0.25, -0.2) is 4.39 Å². The lowest BCUT2D eigenvalue weighted by Gasteiger charge is -2.26. The van der Waals surface area contributed by atoms with Crippen molar-refractivity contribution < 1.29 is 14.3 Å². The fourth-order valence-electron chi connectivity index (χ4n) is 2.45. The number of aromatic hydroxyl groups is 1. The van der Waals surface area contributed by atoms with Crippen LogP contribution in [0.1, 0.15) is 23.5 Å². The van der Waals surface area contributed by atoms with Crippen molar-refractivity contribution in [2.75, 3.05) is 5.32 Å². The van der Waals surface area contributed by atoms with E-state index in [0.29, 0.717) is 12.1 Å². The summed E-state index contributed by atoms with van der Waals surface area (Å²) in [5, 5.41) is 12.2. The van der Waals surface area contributed by atoms with E-state index in [1.165, 1.54) is 18.2 Å². The Morgan fingerprint density at radius 2 is 1.89 bits per heavy atom. The highest BCUT2D eigenvalue weighted by molar-refractivity contribution is 5.95. The molecule has 0 spiro atoms. The standard InChI is InChI=1S/C15H12FNO2/c16-10-3-1-9(2-4-10)13-8-15(19)17-14-7-11(18)5-6-12(13)14/h1-7,13,18H,8H2,(H,17,19)/t13-/m1/s1.